The van der Waals surface area contributed by atoms with Gasteiger partial charge in [0.15, 0.2) is 6.10 Å². The van der Waals surface area contributed by atoms with Gasteiger partial charge in [0, 0.05) is 36.0 Å². The zero-order valence-corrected chi connectivity index (χ0v) is 16.5. The summed E-state index contributed by atoms with van der Waals surface area (Å²) in [4.78, 5) is 8.90. The topological polar surface area (TPSA) is 108 Å². The van der Waals surface area contributed by atoms with Crippen LogP contribution >= 0.6 is 0 Å². The first-order valence-electron chi connectivity index (χ1n) is 10.7. The fourth-order valence-corrected chi connectivity index (χ4v) is 3.27. The summed E-state index contributed by atoms with van der Waals surface area (Å²) >= 11 is 0. The van der Waals surface area contributed by atoms with Crippen LogP contribution in [0.2, 0.25) is 0 Å². The Balaban J connectivity index is 1.66. The number of aromatic nitrogens is 5. The Morgan fingerprint density at radius 2 is 2.41 bits per heavy atom. The lowest BCUT2D eigenvalue weighted by Gasteiger charge is -2.23. The van der Waals surface area contributed by atoms with Crippen molar-refractivity contribution in [3.8, 4) is 5.88 Å². The maximum Gasteiger partial charge on any atom is 0.257 e. The first kappa shape index (κ1) is 16.1. The van der Waals surface area contributed by atoms with Crippen LogP contribution in [-0.2, 0) is 16.4 Å². The summed E-state index contributed by atoms with van der Waals surface area (Å²) in [5, 5.41) is 18.3. The lowest BCUT2D eigenvalue weighted by Crippen LogP contribution is -2.41. The van der Waals surface area contributed by atoms with Crippen molar-refractivity contribution >= 4 is 22.7 Å². The van der Waals surface area contributed by atoms with Crippen molar-refractivity contribution in [1.29, 1.82) is 0 Å². The molecule has 0 radical (unpaired) electrons. The number of nitrogens with one attached hydrogen (secondary N) is 1. The van der Waals surface area contributed by atoms with Gasteiger partial charge in [0.1, 0.15) is 16.9 Å². The van der Waals surface area contributed by atoms with E-state index >= 15 is 0 Å². The van der Waals surface area contributed by atoms with E-state index in [4.69, 9.17) is 18.3 Å². The van der Waals surface area contributed by atoms with Gasteiger partial charge in [-0.1, -0.05) is 0 Å². The minimum Gasteiger partial charge on any atom is -0.466 e. The quantitative estimate of drug-likeness (QED) is 0.611. The van der Waals surface area contributed by atoms with Crippen LogP contribution in [0.15, 0.2) is 24.7 Å². The minimum atomic E-state index is -2.51. The first-order chi connectivity index (χ1) is 15.1. The molecule has 3 atom stereocenters. The van der Waals surface area contributed by atoms with E-state index in [2.05, 4.69) is 20.4 Å². The third kappa shape index (κ3) is 3.91. The van der Waals surface area contributed by atoms with Crippen molar-refractivity contribution in [2.24, 2.45) is 6.98 Å². The number of ether oxygens (including phenoxy) is 3. The number of hydrogen-bond donors (Lipinski definition) is 2. The van der Waals surface area contributed by atoms with Gasteiger partial charge in [-0.05, 0) is 19.9 Å². The van der Waals surface area contributed by atoms with Crippen molar-refractivity contribution in [2.45, 2.75) is 31.6 Å². The molecule has 0 aliphatic carbocycles. The van der Waals surface area contributed by atoms with E-state index in [0.717, 1.165) is 10.1 Å². The molecule has 3 aromatic heterocycles. The molecule has 3 aromatic rings. The molecule has 1 saturated heterocycles. The van der Waals surface area contributed by atoms with E-state index in [0.29, 0.717) is 12.3 Å². The average molecular weight is 405 g/mol. The van der Waals surface area contributed by atoms with Gasteiger partial charge in [0.05, 0.1) is 32.1 Å². The third-order valence-electron chi connectivity index (χ3n) is 4.88. The van der Waals surface area contributed by atoms with Crippen molar-refractivity contribution in [1.82, 2.24) is 24.3 Å². The molecule has 0 saturated carbocycles. The Morgan fingerprint density at radius 1 is 1.55 bits per heavy atom. The predicted octanol–water partition coefficient (Wildman–Crippen LogP) is 1.64. The van der Waals surface area contributed by atoms with Crippen LogP contribution in [0.25, 0.3) is 11.0 Å². The molecule has 1 aliphatic heterocycles. The van der Waals surface area contributed by atoms with Gasteiger partial charge in [-0.25, -0.2) is 4.98 Å². The van der Waals surface area contributed by atoms with Gasteiger partial charge in [-0.2, -0.15) is 4.98 Å². The molecule has 4 rings (SSSR count). The molecule has 10 heteroatoms. The molecule has 1 aliphatic rings. The van der Waals surface area contributed by atoms with Crippen LogP contribution in [-0.4, -0.2) is 68.1 Å². The average Bonchev–Trinajstić information content (AvgIpc) is 3.39. The zero-order chi connectivity index (χ0) is 23.1. The van der Waals surface area contributed by atoms with Crippen LogP contribution < -0.4 is 10.1 Å². The van der Waals surface area contributed by atoms with Crippen LogP contribution in [0.4, 0.5) is 11.6 Å². The smallest absolute Gasteiger partial charge is 0.257 e. The molecular weight excluding hydrogens is 376 g/mol. The van der Waals surface area contributed by atoms with Crippen molar-refractivity contribution in [3.05, 3.63) is 24.7 Å². The number of fused-ring (bicyclic) bond motifs is 1. The molecule has 156 valence electrons. The summed E-state index contributed by atoms with van der Waals surface area (Å²) < 4.78 is 42.1. The van der Waals surface area contributed by atoms with Gasteiger partial charge < -0.3 is 29.2 Å². The molecule has 0 spiro atoms. The maximum absolute atomic E-state index is 10.4. The van der Waals surface area contributed by atoms with Crippen LogP contribution in [0.1, 0.15) is 24.0 Å². The van der Waals surface area contributed by atoms with E-state index in [-0.39, 0.29) is 36.8 Å². The molecule has 2 N–H and O–H groups in total. The highest BCUT2D eigenvalue weighted by atomic mass is 16.6. The van der Waals surface area contributed by atoms with Crippen LogP contribution in [0.3, 0.4) is 0 Å². The van der Waals surface area contributed by atoms with E-state index in [1.54, 1.807) is 20.2 Å². The molecular formula is C19H26N6O4. The molecule has 0 aromatic carbocycles. The van der Waals surface area contributed by atoms with Gasteiger partial charge in [0.2, 0.25) is 5.95 Å². The largest absolute Gasteiger partial charge is 0.466 e. The predicted molar refractivity (Wildman–Crippen MR) is 106 cm³/mol. The number of aliphatic hydroxyl groups is 1. The van der Waals surface area contributed by atoms with Crippen molar-refractivity contribution in [3.63, 3.8) is 0 Å². The van der Waals surface area contributed by atoms with E-state index in [1.807, 2.05) is 23.8 Å². The first-order valence-corrected chi connectivity index (χ1v) is 9.25. The fraction of sp³-hybridized carbons (Fsp3) is 0.526. The van der Waals surface area contributed by atoms with E-state index < -0.39 is 18.7 Å². The molecule has 0 bridgehead atoms. The van der Waals surface area contributed by atoms with E-state index in [9.17, 15) is 5.11 Å². The summed E-state index contributed by atoms with van der Waals surface area (Å²) in [5.74, 6) is 0.246. The fourth-order valence-electron chi connectivity index (χ4n) is 3.27. The lowest BCUT2D eigenvalue weighted by molar-refractivity contribution is -0.0175. The van der Waals surface area contributed by atoms with Gasteiger partial charge in [0.25, 0.3) is 5.88 Å². The number of nitrogens with zero attached hydrogens (tertiary/aromatic N) is 5. The zero-order valence-electron chi connectivity index (χ0n) is 19.5. The number of anilines is 2. The molecule has 29 heavy (non-hydrogen) atoms. The maximum atomic E-state index is 10.4. The molecule has 1 fully saturated rings. The molecule has 0 amide bonds. The summed E-state index contributed by atoms with van der Waals surface area (Å²) in [5.41, 5.74) is -0.273. The Hall–Kier alpha value is -2.69. The second kappa shape index (κ2) is 7.62. The van der Waals surface area contributed by atoms with Gasteiger partial charge in [-0.3, -0.25) is 4.68 Å². The standard InChI is InChI=1S/C19H26N6O4/c1-12(9-27-4)25-6-5-13-7-20-18(22-16(13)25)21-14-8-24(3)23-17(14)29-15-10-28-11-19(15,2)26/h5-8,12,15,26H,9-11H2,1-4H3,(H,20,21,22)/t12-,15+,19-/m0/s1/i3D3. The number of hydrogen-bond acceptors (Lipinski definition) is 8. The third-order valence-corrected chi connectivity index (χ3v) is 4.88. The molecule has 0 unspecified atom stereocenters. The van der Waals surface area contributed by atoms with E-state index in [1.165, 1.54) is 6.20 Å². The second-order valence-electron chi connectivity index (χ2n) is 7.40. The van der Waals surface area contributed by atoms with Crippen molar-refractivity contribution < 1.29 is 23.4 Å². The summed E-state index contributed by atoms with van der Waals surface area (Å²) in [6, 6.07) is 1.97. The number of methoxy groups -OCH3 is 1. The monoisotopic (exact) mass is 405 g/mol. The summed E-state index contributed by atoms with van der Waals surface area (Å²) in [6.07, 6.45) is 4.17. The van der Waals surface area contributed by atoms with Crippen LogP contribution in [0.5, 0.6) is 5.88 Å². The Bertz CT molecular complexity index is 1100. The summed E-state index contributed by atoms with van der Waals surface area (Å²) in [6.45, 7) is 1.87. The molecule has 4 heterocycles. The van der Waals surface area contributed by atoms with Crippen molar-refractivity contribution in [2.75, 3.05) is 32.2 Å². The SMILES string of the molecule is [2H]C([2H])([2H])n1cc(Nc2ncc3ccn([C@@H](C)COC)c3n2)c(O[C@@H]2COC[C@]2(C)O)n1. The second-order valence-corrected chi connectivity index (χ2v) is 7.40. The summed E-state index contributed by atoms with van der Waals surface area (Å²) in [7, 11) is 1.64. The van der Waals surface area contributed by atoms with Crippen LogP contribution in [0, 0.1) is 0 Å². The molecule has 10 nitrogen and oxygen atoms in total. The number of rotatable bonds is 7. The Morgan fingerprint density at radius 3 is 3.14 bits per heavy atom. The lowest BCUT2D eigenvalue weighted by atomic mass is 10.0. The highest BCUT2D eigenvalue weighted by molar-refractivity contribution is 5.77. The normalized spacial score (nSPS) is 24.8. The number of aryl methyl sites for hydroxylation is 1. The highest BCUT2D eigenvalue weighted by Gasteiger charge is 2.40. The highest BCUT2D eigenvalue weighted by Crippen LogP contribution is 2.30. The van der Waals surface area contributed by atoms with Gasteiger partial charge >= 0.3 is 0 Å². The Kier molecular flexibility index (Phi) is 4.24. The Labute approximate surface area is 172 Å². The van der Waals surface area contributed by atoms with Gasteiger partial charge in [-0.15, -0.1) is 5.10 Å². The minimum absolute atomic E-state index is 0.00345.